The van der Waals surface area contributed by atoms with Crippen molar-refractivity contribution in [3.8, 4) is 0 Å². The number of aliphatic hydroxyl groups is 1. The Kier molecular flexibility index (Phi) is 4.48. The first-order valence-corrected chi connectivity index (χ1v) is 8.08. The summed E-state index contributed by atoms with van der Waals surface area (Å²) < 4.78 is 0. The van der Waals surface area contributed by atoms with Gasteiger partial charge in [-0.1, -0.05) is 42.0 Å². The van der Waals surface area contributed by atoms with Crippen LogP contribution >= 0.6 is 0 Å². The molecular formula is C18H24N2O2. The summed E-state index contributed by atoms with van der Waals surface area (Å²) in [5, 5.41) is 15.3. The van der Waals surface area contributed by atoms with Gasteiger partial charge in [-0.25, -0.2) is 4.79 Å². The minimum atomic E-state index is -0.120. The average molecular weight is 300 g/mol. The monoisotopic (exact) mass is 300 g/mol. The summed E-state index contributed by atoms with van der Waals surface area (Å²) >= 11 is 0. The lowest BCUT2D eigenvalue weighted by molar-refractivity contribution is 0.227. The molecule has 3 atom stereocenters. The molecule has 1 saturated carbocycles. The number of nitrogens with one attached hydrogen (secondary N) is 2. The standard InChI is InChI=1S/C18H24N2O2/c1-12-2-5-14(6-3-12)17(15-7-8-15)20-18(22)19-16-9-4-13(10-16)11-21/h2-6,9,13,15-17,21H,7-8,10-11H2,1H3,(H2,19,20,22)/t13-,16+,17?/m0/s1. The highest BCUT2D eigenvalue weighted by atomic mass is 16.3. The smallest absolute Gasteiger partial charge is 0.315 e. The van der Waals surface area contributed by atoms with E-state index in [0.29, 0.717) is 5.92 Å². The molecule has 1 aromatic rings. The highest BCUT2D eigenvalue weighted by molar-refractivity contribution is 5.75. The lowest BCUT2D eigenvalue weighted by atomic mass is 10.0. The van der Waals surface area contributed by atoms with Crippen LogP contribution in [-0.4, -0.2) is 23.8 Å². The quantitative estimate of drug-likeness (QED) is 0.732. The molecular weight excluding hydrogens is 276 g/mol. The summed E-state index contributed by atoms with van der Waals surface area (Å²) in [6.45, 7) is 2.21. The maximum atomic E-state index is 12.3. The van der Waals surface area contributed by atoms with Gasteiger partial charge in [0.05, 0.1) is 6.04 Å². The zero-order valence-corrected chi connectivity index (χ0v) is 13.0. The van der Waals surface area contributed by atoms with Gasteiger partial charge in [0.1, 0.15) is 0 Å². The van der Waals surface area contributed by atoms with Gasteiger partial charge in [0.2, 0.25) is 0 Å². The molecule has 0 aliphatic heterocycles. The molecule has 2 aliphatic carbocycles. The molecule has 2 aliphatic rings. The van der Waals surface area contributed by atoms with E-state index in [4.69, 9.17) is 5.11 Å². The second kappa shape index (κ2) is 6.53. The van der Waals surface area contributed by atoms with E-state index in [2.05, 4.69) is 41.8 Å². The molecule has 3 N–H and O–H groups in total. The molecule has 0 spiro atoms. The van der Waals surface area contributed by atoms with Crippen molar-refractivity contribution in [2.24, 2.45) is 11.8 Å². The Morgan fingerprint density at radius 1 is 1.27 bits per heavy atom. The second-order valence-electron chi connectivity index (χ2n) is 6.51. The zero-order chi connectivity index (χ0) is 15.5. The Bertz CT molecular complexity index is 549. The number of carbonyl (C=O) groups is 1. The van der Waals surface area contributed by atoms with Gasteiger partial charge in [-0.2, -0.15) is 0 Å². The first kappa shape index (κ1) is 15.1. The molecule has 4 heteroatoms. The van der Waals surface area contributed by atoms with E-state index >= 15 is 0 Å². The number of aliphatic hydroxyl groups excluding tert-OH is 1. The van der Waals surface area contributed by atoms with Crippen LogP contribution < -0.4 is 10.6 Å². The van der Waals surface area contributed by atoms with Crippen molar-refractivity contribution in [2.75, 3.05) is 6.61 Å². The fourth-order valence-corrected chi connectivity index (χ4v) is 3.04. The minimum absolute atomic E-state index is 0.0232. The van der Waals surface area contributed by atoms with Gasteiger partial charge < -0.3 is 15.7 Å². The Hall–Kier alpha value is -1.81. The third-order valence-corrected chi connectivity index (χ3v) is 4.54. The van der Waals surface area contributed by atoms with Gasteiger partial charge >= 0.3 is 6.03 Å². The Balaban J connectivity index is 1.58. The maximum absolute atomic E-state index is 12.3. The number of rotatable bonds is 5. The van der Waals surface area contributed by atoms with Crippen LogP contribution in [0, 0.1) is 18.8 Å². The summed E-state index contributed by atoms with van der Waals surface area (Å²) in [5.41, 5.74) is 2.41. The number of hydrogen-bond donors (Lipinski definition) is 3. The third kappa shape index (κ3) is 3.69. The highest BCUT2D eigenvalue weighted by Crippen LogP contribution is 2.41. The average Bonchev–Trinajstić information content (AvgIpc) is 3.26. The lowest BCUT2D eigenvalue weighted by Gasteiger charge is -2.21. The van der Waals surface area contributed by atoms with Gasteiger partial charge in [-0.05, 0) is 37.7 Å². The molecule has 118 valence electrons. The van der Waals surface area contributed by atoms with Crippen LogP contribution in [0.2, 0.25) is 0 Å². The first-order chi connectivity index (χ1) is 10.7. The number of carbonyl (C=O) groups excluding carboxylic acids is 1. The first-order valence-electron chi connectivity index (χ1n) is 8.08. The van der Waals surface area contributed by atoms with E-state index in [-0.39, 0.29) is 30.6 Å². The molecule has 3 rings (SSSR count). The number of aryl methyl sites for hydroxylation is 1. The van der Waals surface area contributed by atoms with Crippen LogP contribution in [0.15, 0.2) is 36.4 Å². The summed E-state index contributed by atoms with van der Waals surface area (Å²) in [6.07, 6.45) is 7.08. The number of urea groups is 1. The largest absolute Gasteiger partial charge is 0.396 e. The molecule has 0 bridgehead atoms. The zero-order valence-electron chi connectivity index (χ0n) is 13.0. The van der Waals surface area contributed by atoms with Crippen LogP contribution in [0.3, 0.4) is 0 Å². The normalized spacial score (nSPS) is 25.0. The van der Waals surface area contributed by atoms with E-state index < -0.39 is 0 Å². The molecule has 0 aromatic heterocycles. The van der Waals surface area contributed by atoms with Crippen LogP contribution in [0.25, 0.3) is 0 Å². The summed E-state index contributed by atoms with van der Waals surface area (Å²) in [6, 6.07) is 8.40. The maximum Gasteiger partial charge on any atom is 0.315 e. The summed E-state index contributed by atoms with van der Waals surface area (Å²) in [7, 11) is 0. The van der Waals surface area contributed by atoms with Crippen molar-refractivity contribution in [1.29, 1.82) is 0 Å². The Labute approximate surface area is 131 Å². The predicted octanol–water partition coefficient (Wildman–Crippen LogP) is 2.68. The van der Waals surface area contributed by atoms with Crippen molar-refractivity contribution in [3.63, 3.8) is 0 Å². The molecule has 4 nitrogen and oxygen atoms in total. The van der Waals surface area contributed by atoms with Crippen molar-refractivity contribution < 1.29 is 9.90 Å². The topological polar surface area (TPSA) is 61.4 Å². The van der Waals surface area contributed by atoms with E-state index in [9.17, 15) is 4.79 Å². The molecule has 2 amide bonds. The van der Waals surface area contributed by atoms with Gasteiger partial charge in [-0.3, -0.25) is 0 Å². The van der Waals surface area contributed by atoms with E-state index in [1.165, 1.54) is 24.0 Å². The molecule has 0 saturated heterocycles. The minimum Gasteiger partial charge on any atom is -0.396 e. The number of hydrogen-bond acceptors (Lipinski definition) is 2. The summed E-state index contributed by atoms with van der Waals surface area (Å²) in [4.78, 5) is 12.3. The van der Waals surface area contributed by atoms with Crippen LogP contribution in [0.4, 0.5) is 4.79 Å². The van der Waals surface area contributed by atoms with Crippen molar-refractivity contribution in [3.05, 3.63) is 47.5 Å². The Morgan fingerprint density at radius 3 is 2.59 bits per heavy atom. The van der Waals surface area contributed by atoms with Gasteiger partial charge in [-0.15, -0.1) is 0 Å². The molecule has 1 unspecified atom stereocenters. The third-order valence-electron chi connectivity index (χ3n) is 4.54. The van der Waals surface area contributed by atoms with Gasteiger partial charge in [0.15, 0.2) is 0 Å². The highest BCUT2D eigenvalue weighted by Gasteiger charge is 2.33. The fraction of sp³-hybridized carbons (Fsp3) is 0.500. The second-order valence-corrected chi connectivity index (χ2v) is 6.51. The summed E-state index contributed by atoms with van der Waals surface area (Å²) in [5.74, 6) is 0.722. The predicted molar refractivity (Wildman–Crippen MR) is 86.4 cm³/mol. The van der Waals surface area contributed by atoms with E-state index in [1.807, 2.05) is 12.2 Å². The van der Waals surface area contributed by atoms with Crippen LogP contribution in [0.5, 0.6) is 0 Å². The van der Waals surface area contributed by atoms with E-state index in [0.717, 1.165) is 6.42 Å². The molecule has 22 heavy (non-hydrogen) atoms. The van der Waals surface area contributed by atoms with Crippen molar-refractivity contribution in [2.45, 2.75) is 38.3 Å². The van der Waals surface area contributed by atoms with Crippen LogP contribution in [0.1, 0.15) is 36.4 Å². The number of amides is 2. The van der Waals surface area contributed by atoms with E-state index in [1.54, 1.807) is 0 Å². The molecule has 0 heterocycles. The molecule has 1 fully saturated rings. The molecule has 1 aromatic carbocycles. The Morgan fingerprint density at radius 2 is 2.00 bits per heavy atom. The van der Waals surface area contributed by atoms with Gasteiger partial charge in [0, 0.05) is 18.6 Å². The fourth-order valence-electron chi connectivity index (χ4n) is 3.04. The molecule has 0 radical (unpaired) electrons. The SMILES string of the molecule is Cc1ccc(C(NC(=O)N[C@@H]2C=C[C@H](CO)C2)C2CC2)cc1. The number of benzene rings is 1. The lowest BCUT2D eigenvalue weighted by Crippen LogP contribution is -2.43. The van der Waals surface area contributed by atoms with Gasteiger partial charge in [0.25, 0.3) is 0 Å². The van der Waals surface area contributed by atoms with Crippen molar-refractivity contribution >= 4 is 6.03 Å². The van der Waals surface area contributed by atoms with Crippen molar-refractivity contribution in [1.82, 2.24) is 10.6 Å². The van der Waals surface area contributed by atoms with Crippen LogP contribution in [-0.2, 0) is 0 Å².